The van der Waals surface area contributed by atoms with Gasteiger partial charge in [-0.2, -0.15) is 0 Å². The largest absolute Gasteiger partial charge is 0.391 e. The van der Waals surface area contributed by atoms with Crippen molar-refractivity contribution in [3.05, 3.63) is 0 Å². The number of piperidine rings is 1. The normalized spacial score (nSPS) is 27.8. The molecule has 1 heterocycles. The molecule has 1 saturated heterocycles. The van der Waals surface area contributed by atoms with Crippen molar-refractivity contribution < 1.29 is 9.90 Å². The lowest BCUT2D eigenvalue weighted by molar-refractivity contribution is -0.123. The zero-order chi connectivity index (χ0) is 8.27. The summed E-state index contributed by atoms with van der Waals surface area (Å²) < 4.78 is 0. The summed E-state index contributed by atoms with van der Waals surface area (Å²) in [7, 11) is 0. The van der Waals surface area contributed by atoms with Crippen LogP contribution in [-0.4, -0.2) is 30.2 Å². The van der Waals surface area contributed by atoms with Gasteiger partial charge in [0, 0.05) is 25.4 Å². The summed E-state index contributed by atoms with van der Waals surface area (Å²) in [6.45, 7) is 0.845. The van der Waals surface area contributed by atoms with Gasteiger partial charge in [-0.1, -0.05) is 0 Å². The summed E-state index contributed by atoms with van der Waals surface area (Å²) in [5.41, 5.74) is 5.27. The van der Waals surface area contributed by atoms with Gasteiger partial charge in [-0.3, -0.25) is 4.79 Å². The summed E-state index contributed by atoms with van der Waals surface area (Å²) in [5, 5.41) is 12.0. The maximum absolute atomic E-state index is 10.7. The van der Waals surface area contributed by atoms with E-state index in [2.05, 4.69) is 5.32 Å². The Morgan fingerprint density at radius 2 is 2.55 bits per heavy atom. The molecular weight excluding hydrogens is 144 g/mol. The molecule has 0 aromatic heterocycles. The number of rotatable bonds is 2. The highest BCUT2D eigenvalue weighted by molar-refractivity contribution is 5.76. The quantitative estimate of drug-likeness (QED) is 0.474. The number of nitrogens with two attached hydrogens (primary N) is 1. The average Bonchev–Trinajstić information content (AvgIpc) is 2.05. The predicted octanol–water partition coefficient (Wildman–Crippen LogP) is -1.17. The number of carbonyl (C=O) groups is 1. The van der Waals surface area contributed by atoms with Gasteiger partial charge in [0.25, 0.3) is 0 Å². The Labute approximate surface area is 65.8 Å². The summed E-state index contributed by atoms with van der Waals surface area (Å²) in [4.78, 5) is 10.7. The van der Waals surface area contributed by atoms with Crippen LogP contribution < -0.4 is 11.1 Å². The highest BCUT2D eigenvalue weighted by Crippen LogP contribution is 2.13. The fourth-order valence-corrected chi connectivity index (χ4v) is 1.27. The molecule has 2 unspecified atom stereocenters. The van der Waals surface area contributed by atoms with Gasteiger partial charge < -0.3 is 16.2 Å². The Balaban J connectivity index is 2.32. The number of aliphatic hydroxyl groups excluding tert-OH is 1. The Morgan fingerprint density at radius 1 is 1.82 bits per heavy atom. The first-order chi connectivity index (χ1) is 5.24. The number of nitrogens with one attached hydrogen (secondary N) is 1. The van der Waals surface area contributed by atoms with E-state index in [1.807, 2.05) is 0 Å². The lowest BCUT2D eigenvalue weighted by Crippen LogP contribution is -2.42. The Hall–Kier alpha value is -0.610. The van der Waals surface area contributed by atoms with Gasteiger partial charge in [-0.05, 0) is 6.42 Å². The van der Waals surface area contributed by atoms with Gasteiger partial charge in [-0.25, -0.2) is 0 Å². The molecule has 4 heteroatoms. The molecule has 2 atom stereocenters. The minimum Gasteiger partial charge on any atom is -0.391 e. The maximum Gasteiger partial charge on any atom is 0.220 e. The Bertz CT molecular complexity index is 139. The van der Waals surface area contributed by atoms with Crippen LogP contribution in [0.5, 0.6) is 0 Å². The standard InChI is InChI=1S/C7H14N2O2/c8-3-6(10)5-1-2-7(11)9-4-5/h5-6,10H,1-4,8H2,(H,9,11). The molecule has 1 amide bonds. The summed E-state index contributed by atoms with van der Waals surface area (Å²) >= 11 is 0. The van der Waals surface area contributed by atoms with Crippen LogP contribution in [0.15, 0.2) is 0 Å². The van der Waals surface area contributed by atoms with Gasteiger partial charge in [0.2, 0.25) is 5.91 Å². The number of carbonyl (C=O) groups excluding carboxylic acids is 1. The molecule has 0 aromatic carbocycles. The fraction of sp³-hybridized carbons (Fsp3) is 0.857. The third-order valence-electron chi connectivity index (χ3n) is 2.09. The van der Waals surface area contributed by atoms with Crippen LogP contribution in [0.25, 0.3) is 0 Å². The smallest absolute Gasteiger partial charge is 0.220 e. The predicted molar refractivity (Wildman–Crippen MR) is 40.8 cm³/mol. The van der Waals surface area contributed by atoms with E-state index in [1.165, 1.54) is 0 Å². The molecular formula is C7H14N2O2. The second kappa shape index (κ2) is 3.69. The molecule has 1 rings (SSSR count). The summed E-state index contributed by atoms with van der Waals surface area (Å²) in [5.74, 6) is 0.225. The van der Waals surface area contributed by atoms with E-state index in [1.54, 1.807) is 0 Å². The van der Waals surface area contributed by atoms with Crippen LogP contribution in [0.1, 0.15) is 12.8 Å². The van der Waals surface area contributed by atoms with E-state index in [9.17, 15) is 9.90 Å². The molecule has 11 heavy (non-hydrogen) atoms. The maximum atomic E-state index is 10.7. The molecule has 4 N–H and O–H groups in total. The van der Waals surface area contributed by atoms with Crippen LogP contribution in [0.3, 0.4) is 0 Å². The molecule has 1 fully saturated rings. The van der Waals surface area contributed by atoms with Crippen LogP contribution in [0.4, 0.5) is 0 Å². The highest BCUT2D eigenvalue weighted by atomic mass is 16.3. The van der Waals surface area contributed by atoms with Gasteiger partial charge in [0.1, 0.15) is 0 Å². The zero-order valence-electron chi connectivity index (χ0n) is 6.42. The minimum absolute atomic E-state index is 0.0745. The van der Waals surface area contributed by atoms with E-state index in [0.29, 0.717) is 13.0 Å². The van der Waals surface area contributed by atoms with Crippen LogP contribution in [0.2, 0.25) is 0 Å². The van der Waals surface area contributed by atoms with Crippen LogP contribution >= 0.6 is 0 Å². The highest BCUT2D eigenvalue weighted by Gasteiger charge is 2.23. The van der Waals surface area contributed by atoms with Crippen molar-refractivity contribution in [1.82, 2.24) is 5.32 Å². The molecule has 0 radical (unpaired) electrons. The molecule has 1 aliphatic heterocycles. The third kappa shape index (κ3) is 2.17. The molecule has 0 spiro atoms. The second-order valence-electron chi connectivity index (χ2n) is 2.91. The molecule has 0 aromatic rings. The van der Waals surface area contributed by atoms with E-state index in [0.717, 1.165) is 6.42 Å². The van der Waals surface area contributed by atoms with E-state index >= 15 is 0 Å². The van der Waals surface area contributed by atoms with Crippen LogP contribution in [-0.2, 0) is 4.79 Å². The number of hydrogen-bond acceptors (Lipinski definition) is 3. The van der Waals surface area contributed by atoms with E-state index in [4.69, 9.17) is 5.73 Å². The minimum atomic E-state index is -0.462. The van der Waals surface area contributed by atoms with Crippen molar-refractivity contribution in [2.75, 3.05) is 13.1 Å². The zero-order valence-corrected chi connectivity index (χ0v) is 6.42. The van der Waals surface area contributed by atoms with Gasteiger partial charge in [-0.15, -0.1) is 0 Å². The van der Waals surface area contributed by atoms with Crippen molar-refractivity contribution in [1.29, 1.82) is 0 Å². The van der Waals surface area contributed by atoms with Crippen molar-refractivity contribution in [2.24, 2.45) is 11.7 Å². The number of hydrogen-bond donors (Lipinski definition) is 3. The lowest BCUT2D eigenvalue weighted by Gasteiger charge is -2.25. The summed E-state index contributed by atoms with van der Waals surface area (Å²) in [6.07, 6.45) is 0.807. The van der Waals surface area contributed by atoms with Crippen molar-refractivity contribution in [3.8, 4) is 0 Å². The topological polar surface area (TPSA) is 75.3 Å². The second-order valence-corrected chi connectivity index (χ2v) is 2.91. The monoisotopic (exact) mass is 158 g/mol. The Kier molecular flexibility index (Phi) is 2.84. The first-order valence-electron chi connectivity index (χ1n) is 3.89. The molecule has 1 aliphatic rings. The molecule has 0 saturated carbocycles. The molecule has 64 valence electrons. The van der Waals surface area contributed by atoms with Gasteiger partial charge in [0.15, 0.2) is 0 Å². The number of aliphatic hydroxyl groups is 1. The number of amides is 1. The van der Waals surface area contributed by atoms with Crippen LogP contribution in [0, 0.1) is 5.92 Å². The first-order valence-corrected chi connectivity index (χ1v) is 3.89. The lowest BCUT2D eigenvalue weighted by atomic mass is 9.93. The third-order valence-corrected chi connectivity index (χ3v) is 2.09. The first kappa shape index (κ1) is 8.49. The van der Waals surface area contributed by atoms with E-state index < -0.39 is 6.10 Å². The van der Waals surface area contributed by atoms with E-state index in [-0.39, 0.29) is 18.4 Å². The van der Waals surface area contributed by atoms with Gasteiger partial charge >= 0.3 is 0 Å². The van der Waals surface area contributed by atoms with Gasteiger partial charge in [0.05, 0.1) is 6.10 Å². The average molecular weight is 158 g/mol. The van der Waals surface area contributed by atoms with Crippen molar-refractivity contribution >= 4 is 5.91 Å². The molecule has 0 bridgehead atoms. The molecule has 4 nitrogen and oxygen atoms in total. The fourth-order valence-electron chi connectivity index (χ4n) is 1.27. The molecule has 0 aliphatic carbocycles. The SMILES string of the molecule is NCC(O)C1CCC(=O)NC1. The van der Waals surface area contributed by atoms with Crippen molar-refractivity contribution in [3.63, 3.8) is 0 Å². The summed E-state index contributed by atoms with van der Waals surface area (Å²) in [6, 6.07) is 0. The Morgan fingerprint density at radius 3 is 3.00 bits per heavy atom. The van der Waals surface area contributed by atoms with Crippen molar-refractivity contribution in [2.45, 2.75) is 18.9 Å².